The van der Waals surface area contributed by atoms with Gasteiger partial charge in [-0.05, 0) is 129 Å². The fraction of sp³-hybridized carbons (Fsp3) is 0.569. The van der Waals surface area contributed by atoms with Gasteiger partial charge in [-0.2, -0.15) is 0 Å². The largest absolute Gasteiger partial charge is 0.458 e. The van der Waals surface area contributed by atoms with E-state index >= 15 is 0 Å². The molecule has 0 radical (unpaired) electrons. The predicted octanol–water partition coefficient (Wildman–Crippen LogP) is 10.2. The highest BCUT2D eigenvalue weighted by molar-refractivity contribution is 5.96. The van der Waals surface area contributed by atoms with Crippen LogP contribution in [0.5, 0.6) is 0 Å². The number of esters is 2. The van der Waals surface area contributed by atoms with Crippen molar-refractivity contribution in [2.75, 3.05) is 0 Å². The standard InChI is InChI=1S/C26H34O4.C25H32O5/c1-16-14-18(3)23-20(15-16)9-7-11-22-24(30-26(4,5)29-22)17(2)12-13-19-8-6-10-21(19)28-25(23)27;1-15-13-16(2)22-18(14-15)8-6-10-21-23(30-25(3,4)29-21)19(26)12-11-17-7-5-9-20(17)28-24(22)27/h7,9,12-15,17,19,21-22,24H,6,8,10-11H2,1-5H3;6,8,11-14,17,19-21,23,26H,5,7,9-10H2,1-4H3/b9-7+,13-12-;8-6+,12-11-/t17?,19-,21+,22+,24-;17-,19?,20+,21+,23-/m11/s1. The van der Waals surface area contributed by atoms with Crippen LogP contribution >= 0.6 is 0 Å². The van der Waals surface area contributed by atoms with Crippen molar-refractivity contribution in [3.05, 3.63) is 105 Å². The first kappa shape index (κ1) is 44.2. The summed E-state index contributed by atoms with van der Waals surface area (Å²) < 4.78 is 36.6. The molecule has 6 aliphatic rings. The number of rotatable bonds is 0. The molecule has 4 aliphatic heterocycles. The average molecular weight is 823 g/mol. The van der Waals surface area contributed by atoms with Gasteiger partial charge in [0.2, 0.25) is 0 Å². The minimum atomic E-state index is -0.776. The third-order valence-electron chi connectivity index (χ3n) is 12.8. The fourth-order valence-corrected chi connectivity index (χ4v) is 10.1. The smallest absolute Gasteiger partial charge is 0.339 e. The molecule has 1 N–H and O–H groups in total. The molecule has 2 saturated carbocycles. The van der Waals surface area contributed by atoms with E-state index in [1.54, 1.807) is 6.08 Å². The Hall–Kier alpha value is -3.86. The lowest BCUT2D eigenvalue weighted by molar-refractivity contribution is -0.152. The van der Waals surface area contributed by atoms with Crippen LogP contribution in [0.4, 0.5) is 0 Å². The summed E-state index contributed by atoms with van der Waals surface area (Å²) in [6.07, 6.45) is 21.8. The Labute approximate surface area is 357 Å². The topological polar surface area (TPSA) is 110 Å². The molecule has 324 valence electrons. The first-order valence-electron chi connectivity index (χ1n) is 22.2. The zero-order chi connectivity index (χ0) is 42.9. The van der Waals surface area contributed by atoms with Gasteiger partial charge >= 0.3 is 11.9 Å². The molecule has 9 heteroatoms. The SMILES string of the molecule is Cc1cc(C)c2c(c1)/C=C/C[C@@H]1OC(C)(C)O[C@@H]1C(C)/C=C\[C@H]1CCC[C@@H]1OC2=O.Cc1cc(C)c2c(c1)/C=C/C[C@@H]1OC(C)(C)O[C@@H]1C(O)/C=C\[C@H]1CCC[C@@H]1OC2=O. The number of aliphatic hydroxyl groups excluding tert-OH is 1. The quantitative estimate of drug-likeness (QED) is 0.205. The Morgan fingerprint density at radius 2 is 1.02 bits per heavy atom. The van der Waals surface area contributed by atoms with Gasteiger partial charge in [0.1, 0.15) is 24.4 Å². The van der Waals surface area contributed by atoms with Gasteiger partial charge < -0.3 is 33.5 Å². The van der Waals surface area contributed by atoms with Crippen LogP contribution in [-0.4, -0.2) is 71.3 Å². The zero-order valence-corrected chi connectivity index (χ0v) is 37.1. The van der Waals surface area contributed by atoms with Crippen molar-refractivity contribution in [1.82, 2.24) is 0 Å². The second kappa shape index (κ2) is 18.2. The summed E-state index contributed by atoms with van der Waals surface area (Å²) in [5, 5.41) is 10.8. The summed E-state index contributed by atoms with van der Waals surface area (Å²) in [6.45, 7) is 17.9. The summed E-state index contributed by atoms with van der Waals surface area (Å²) in [7, 11) is 0. The van der Waals surface area contributed by atoms with Crippen molar-refractivity contribution < 1.29 is 43.1 Å². The summed E-state index contributed by atoms with van der Waals surface area (Å²) in [6, 6.07) is 8.15. The molecule has 8 rings (SSSR count). The maximum Gasteiger partial charge on any atom is 0.339 e. The van der Waals surface area contributed by atoms with Gasteiger partial charge in [0.25, 0.3) is 0 Å². The van der Waals surface area contributed by atoms with Crippen LogP contribution in [0.15, 0.2) is 60.7 Å². The number of benzene rings is 2. The normalized spacial score (nSPS) is 35.5. The van der Waals surface area contributed by atoms with Crippen LogP contribution in [0.2, 0.25) is 0 Å². The summed E-state index contributed by atoms with van der Waals surface area (Å²) in [4.78, 5) is 26.3. The molecule has 0 aromatic heterocycles. The third-order valence-corrected chi connectivity index (χ3v) is 12.8. The van der Waals surface area contributed by atoms with Crippen molar-refractivity contribution in [2.24, 2.45) is 17.8 Å². The number of hydrogen-bond donors (Lipinski definition) is 1. The Bertz CT molecular complexity index is 1880. The molecule has 2 aromatic carbocycles. The summed E-state index contributed by atoms with van der Waals surface area (Å²) in [5.74, 6) is -1.22. The number of fused-ring (bicyclic) bond motifs is 6. The average Bonchev–Trinajstić information content (AvgIpc) is 3.94. The van der Waals surface area contributed by atoms with Gasteiger partial charge in [0, 0.05) is 17.8 Å². The summed E-state index contributed by atoms with van der Waals surface area (Å²) in [5.41, 5.74) is 7.20. The van der Waals surface area contributed by atoms with Gasteiger partial charge in [0.05, 0.1) is 29.4 Å². The maximum absolute atomic E-state index is 13.2. The molecule has 2 saturated heterocycles. The van der Waals surface area contributed by atoms with E-state index in [9.17, 15) is 14.7 Å². The number of hydrogen-bond acceptors (Lipinski definition) is 9. The first-order valence-corrected chi connectivity index (χ1v) is 22.2. The Balaban J connectivity index is 0.000000181. The fourth-order valence-electron chi connectivity index (χ4n) is 10.1. The van der Waals surface area contributed by atoms with E-state index in [2.05, 4.69) is 44.2 Å². The minimum absolute atomic E-state index is 0.00459. The van der Waals surface area contributed by atoms with E-state index in [0.29, 0.717) is 17.5 Å². The highest BCUT2D eigenvalue weighted by atomic mass is 16.8. The highest BCUT2D eigenvalue weighted by Gasteiger charge is 2.45. The molecule has 2 aliphatic carbocycles. The van der Waals surface area contributed by atoms with Crippen LogP contribution in [0.3, 0.4) is 0 Å². The Kier molecular flexibility index (Phi) is 13.4. The molecule has 4 fully saturated rings. The molecular formula is C51H66O9. The zero-order valence-electron chi connectivity index (χ0n) is 37.1. The number of carbonyl (C=O) groups is 2. The number of carbonyl (C=O) groups excluding carboxylic acids is 2. The number of ether oxygens (including phenoxy) is 6. The van der Waals surface area contributed by atoms with E-state index in [0.717, 1.165) is 78.3 Å². The maximum atomic E-state index is 13.2. The molecule has 0 spiro atoms. The van der Waals surface area contributed by atoms with E-state index in [-0.39, 0.29) is 60.2 Å². The van der Waals surface area contributed by atoms with Gasteiger partial charge in [-0.15, -0.1) is 0 Å². The van der Waals surface area contributed by atoms with E-state index < -0.39 is 23.8 Å². The van der Waals surface area contributed by atoms with Crippen LogP contribution in [0, 0.1) is 45.4 Å². The molecule has 2 unspecified atom stereocenters. The van der Waals surface area contributed by atoms with Crippen LogP contribution in [-0.2, 0) is 28.4 Å². The lowest BCUT2D eigenvalue weighted by Crippen LogP contribution is -2.34. The molecular weight excluding hydrogens is 757 g/mol. The predicted molar refractivity (Wildman–Crippen MR) is 233 cm³/mol. The molecule has 2 aromatic rings. The molecule has 9 nitrogen and oxygen atoms in total. The second-order valence-corrected chi connectivity index (χ2v) is 18.8. The van der Waals surface area contributed by atoms with Crippen molar-refractivity contribution in [1.29, 1.82) is 0 Å². The van der Waals surface area contributed by atoms with Crippen molar-refractivity contribution in [3.8, 4) is 0 Å². The van der Waals surface area contributed by atoms with Gasteiger partial charge in [-0.1, -0.05) is 90.9 Å². The molecule has 0 bridgehead atoms. The lowest BCUT2D eigenvalue weighted by Gasteiger charge is -2.23. The van der Waals surface area contributed by atoms with Gasteiger partial charge in [-0.3, -0.25) is 0 Å². The van der Waals surface area contributed by atoms with Crippen LogP contribution in [0.1, 0.15) is 140 Å². The van der Waals surface area contributed by atoms with E-state index in [4.69, 9.17) is 28.4 Å². The van der Waals surface area contributed by atoms with Gasteiger partial charge in [-0.25, -0.2) is 9.59 Å². The molecule has 0 amide bonds. The summed E-state index contributed by atoms with van der Waals surface area (Å²) >= 11 is 0. The highest BCUT2D eigenvalue weighted by Crippen LogP contribution is 2.38. The number of aryl methyl sites for hydroxylation is 4. The van der Waals surface area contributed by atoms with Gasteiger partial charge in [0.15, 0.2) is 11.6 Å². The number of aliphatic hydroxyl groups is 1. The van der Waals surface area contributed by atoms with Crippen LogP contribution < -0.4 is 0 Å². The lowest BCUT2D eigenvalue weighted by atomic mass is 9.93. The molecule has 10 atom stereocenters. The molecule has 4 heterocycles. The van der Waals surface area contributed by atoms with Crippen molar-refractivity contribution >= 4 is 24.1 Å². The van der Waals surface area contributed by atoms with Crippen molar-refractivity contribution in [2.45, 2.75) is 168 Å². The van der Waals surface area contributed by atoms with E-state index in [1.807, 2.05) is 84.9 Å². The Morgan fingerprint density at radius 1 is 0.567 bits per heavy atom. The van der Waals surface area contributed by atoms with Crippen LogP contribution in [0.25, 0.3) is 12.2 Å². The monoisotopic (exact) mass is 822 g/mol. The Morgan fingerprint density at radius 3 is 1.52 bits per heavy atom. The molecule has 60 heavy (non-hydrogen) atoms. The van der Waals surface area contributed by atoms with Crippen molar-refractivity contribution in [3.63, 3.8) is 0 Å². The first-order chi connectivity index (χ1) is 28.5. The third kappa shape index (κ3) is 10.2. The van der Waals surface area contributed by atoms with E-state index in [1.165, 1.54) is 0 Å². The second-order valence-electron chi connectivity index (χ2n) is 18.8. The minimum Gasteiger partial charge on any atom is -0.458 e.